The van der Waals surface area contributed by atoms with Crippen LogP contribution < -0.4 is 20.5 Å². The van der Waals surface area contributed by atoms with Gasteiger partial charge in [-0.2, -0.15) is 5.10 Å². The van der Waals surface area contributed by atoms with Crippen LogP contribution in [0.3, 0.4) is 0 Å². The molecule has 26 heavy (non-hydrogen) atoms. The molecule has 1 saturated heterocycles. The van der Waals surface area contributed by atoms with Gasteiger partial charge in [0.05, 0.1) is 11.4 Å². The minimum atomic E-state index is -0.340. The van der Waals surface area contributed by atoms with E-state index in [1.807, 2.05) is 12.1 Å². The first-order valence-corrected chi connectivity index (χ1v) is 8.27. The summed E-state index contributed by atoms with van der Waals surface area (Å²) < 4.78 is 5.60. The fraction of sp³-hybridized carbons (Fsp3) is 0.294. The van der Waals surface area contributed by atoms with Gasteiger partial charge >= 0.3 is 0 Å². The van der Waals surface area contributed by atoms with Crippen molar-refractivity contribution >= 4 is 23.2 Å². The Kier molecular flexibility index (Phi) is 4.04. The van der Waals surface area contributed by atoms with Crippen LogP contribution in [0.5, 0.6) is 5.75 Å². The fourth-order valence-electron chi connectivity index (χ4n) is 3.12. The number of benzene rings is 1. The van der Waals surface area contributed by atoms with E-state index in [0.29, 0.717) is 37.6 Å². The second-order valence-electron chi connectivity index (χ2n) is 6.08. The summed E-state index contributed by atoms with van der Waals surface area (Å²) in [7, 11) is 0. The minimum Gasteiger partial charge on any atom is -0.479 e. The lowest BCUT2D eigenvalue weighted by Crippen LogP contribution is -2.49. The molecule has 1 fully saturated rings. The molecule has 2 aromatic rings. The molecule has 2 aliphatic rings. The topological polar surface area (TPSA) is 108 Å². The van der Waals surface area contributed by atoms with Gasteiger partial charge < -0.3 is 19.9 Å². The standard InChI is InChI=1S/C17H17N5O4/c23-14-5-4-12(19-20-14)17(25)22-8-6-21(7-9-22)13-3-1-2-11-16(13)26-10-15(24)18-11/h1-5H,6-10H2,(H,18,24)(H,20,23). The summed E-state index contributed by atoms with van der Waals surface area (Å²) in [6.07, 6.45) is 0. The van der Waals surface area contributed by atoms with Crippen molar-refractivity contribution in [1.82, 2.24) is 15.1 Å². The van der Waals surface area contributed by atoms with E-state index in [1.165, 1.54) is 12.1 Å². The first-order chi connectivity index (χ1) is 12.6. The van der Waals surface area contributed by atoms with Crippen molar-refractivity contribution in [2.45, 2.75) is 0 Å². The van der Waals surface area contributed by atoms with Gasteiger partial charge in [0, 0.05) is 32.2 Å². The molecule has 1 aromatic heterocycles. The molecule has 9 heteroatoms. The van der Waals surface area contributed by atoms with Crippen molar-refractivity contribution in [1.29, 1.82) is 0 Å². The number of carbonyl (C=O) groups is 2. The predicted molar refractivity (Wildman–Crippen MR) is 93.5 cm³/mol. The number of para-hydroxylation sites is 1. The number of aromatic nitrogens is 2. The Morgan fingerprint density at radius 2 is 1.88 bits per heavy atom. The van der Waals surface area contributed by atoms with E-state index >= 15 is 0 Å². The zero-order valence-electron chi connectivity index (χ0n) is 13.9. The summed E-state index contributed by atoms with van der Waals surface area (Å²) in [5.74, 6) is 0.284. The third-order valence-corrected chi connectivity index (χ3v) is 4.42. The number of aromatic amines is 1. The predicted octanol–water partition coefficient (Wildman–Crippen LogP) is 0.0632. The maximum absolute atomic E-state index is 12.5. The van der Waals surface area contributed by atoms with Crippen LogP contribution in [0.15, 0.2) is 35.1 Å². The molecule has 1 aromatic carbocycles. The SMILES string of the molecule is O=C1COc2c(cccc2N2CCN(C(=O)c3ccc(=O)[nH]n3)CC2)N1. The van der Waals surface area contributed by atoms with Gasteiger partial charge in [-0.1, -0.05) is 6.07 Å². The highest BCUT2D eigenvalue weighted by Gasteiger charge is 2.27. The van der Waals surface area contributed by atoms with Crippen molar-refractivity contribution in [3.05, 3.63) is 46.4 Å². The number of fused-ring (bicyclic) bond motifs is 1. The van der Waals surface area contributed by atoms with Crippen LogP contribution in [0, 0.1) is 0 Å². The first kappa shape index (κ1) is 16.1. The zero-order chi connectivity index (χ0) is 18.1. The molecule has 2 aliphatic heterocycles. The highest BCUT2D eigenvalue weighted by Crippen LogP contribution is 2.38. The number of amides is 2. The number of nitrogens with one attached hydrogen (secondary N) is 2. The average molecular weight is 355 g/mol. The summed E-state index contributed by atoms with van der Waals surface area (Å²) >= 11 is 0. The third-order valence-electron chi connectivity index (χ3n) is 4.42. The number of hydrogen-bond acceptors (Lipinski definition) is 6. The lowest BCUT2D eigenvalue weighted by atomic mass is 10.2. The van der Waals surface area contributed by atoms with Crippen molar-refractivity contribution < 1.29 is 14.3 Å². The maximum Gasteiger partial charge on any atom is 0.274 e. The smallest absolute Gasteiger partial charge is 0.274 e. The normalized spacial score (nSPS) is 16.5. The third kappa shape index (κ3) is 2.99. The van der Waals surface area contributed by atoms with Gasteiger partial charge in [0.1, 0.15) is 5.69 Å². The van der Waals surface area contributed by atoms with Gasteiger partial charge in [-0.05, 0) is 18.2 Å². The Balaban J connectivity index is 1.47. The van der Waals surface area contributed by atoms with Crippen molar-refractivity contribution in [2.24, 2.45) is 0 Å². The quantitative estimate of drug-likeness (QED) is 0.789. The molecular weight excluding hydrogens is 338 g/mol. The molecule has 0 saturated carbocycles. The van der Waals surface area contributed by atoms with Crippen molar-refractivity contribution in [3.63, 3.8) is 0 Å². The van der Waals surface area contributed by atoms with Crippen LogP contribution in [0.2, 0.25) is 0 Å². The lowest BCUT2D eigenvalue weighted by molar-refractivity contribution is -0.118. The monoisotopic (exact) mass is 355 g/mol. The molecule has 2 N–H and O–H groups in total. The summed E-state index contributed by atoms with van der Waals surface area (Å²) in [5, 5.41) is 8.87. The van der Waals surface area contributed by atoms with E-state index in [2.05, 4.69) is 20.4 Å². The Morgan fingerprint density at radius 1 is 1.08 bits per heavy atom. The van der Waals surface area contributed by atoms with Crippen LogP contribution in [0.25, 0.3) is 0 Å². The Hall–Kier alpha value is -3.36. The molecule has 3 heterocycles. The van der Waals surface area contributed by atoms with Crippen LogP contribution in [0.4, 0.5) is 11.4 Å². The molecule has 0 aliphatic carbocycles. The molecular formula is C17H17N5O4. The van der Waals surface area contributed by atoms with E-state index in [9.17, 15) is 14.4 Å². The Bertz CT molecular complexity index is 897. The summed E-state index contributed by atoms with van der Waals surface area (Å²) in [5.41, 5.74) is 1.44. The number of nitrogens with zero attached hydrogens (tertiary/aromatic N) is 3. The highest BCUT2D eigenvalue weighted by atomic mass is 16.5. The average Bonchev–Trinajstić information content (AvgIpc) is 2.67. The first-order valence-electron chi connectivity index (χ1n) is 8.27. The van der Waals surface area contributed by atoms with Gasteiger partial charge in [-0.25, -0.2) is 5.10 Å². The van der Waals surface area contributed by atoms with Gasteiger partial charge in [-0.3, -0.25) is 14.4 Å². The van der Waals surface area contributed by atoms with E-state index in [-0.39, 0.29) is 29.7 Å². The molecule has 0 atom stereocenters. The van der Waals surface area contributed by atoms with E-state index < -0.39 is 0 Å². The molecule has 134 valence electrons. The Morgan fingerprint density at radius 3 is 2.62 bits per heavy atom. The van der Waals surface area contributed by atoms with Gasteiger partial charge in [-0.15, -0.1) is 0 Å². The molecule has 0 spiro atoms. The van der Waals surface area contributed by atoms with Crippen LogP contribution in [0.1, 0.15) is 10.5 Å². The lowest BCUT2D eigenvalue weighted by Gasteiger charge is -2.37. The number of H-pyrrole nitrogens is 1. The van der Waals surface area contributed by atoms with Gasteiger partial charge in [0.25, 0.3) is 17.4 Å². The number of carbonyl (C=O) groups excluding carboxylic acids is 2. The van der Waals surface area contributed by atoms with E-state index in [0.717, 1.165) is 5.69 Å². The number of piperazine rings is 1. The van der Waals surface area contributed by atoms with Gasteiger partial charge in [0.2, 0.25) is 0 Å². The maximum atomic E-state index is 12.5. The highest BCUT2D eigenvalue weighted by molar-refractivity contribution is 5.97. The second-order valence-corrected chi connectivity index (χ2v) is 6.08. The van der Waals surface area contributed by atoms with Gasteiger partial charge in [0.15, 0.2) is 12.4 Å². The molecule has 0 unspecified atom stereocenters. The van der Waals surface area contributed by atoms with E-state index in [1.54, 1.807) is 11.0 Å². The van der Waals surface area contributed by atoms with Crippen molar-refractivity contribution in [3.8, 4) is 5.75 Å². The number of ether oxygens (including phenoxy) is 1. The summed E-state index contributed by atoms with van der Waals surface area (Å²) in [6, 6.07) is 8.33. The molecule has 0 radical (unpaired) electrons. The summed E-state index contributed by atoms with van der Waals surface area (Å²) in [4.78, 5) is 38.8. The van der Waals surface area contributed by atoms with Crippen LogP contribution in [-0.2, 0) is 4.79 Å². The zero-order valence-corrected chi connectivity index (χ0v) is 13.9. The number of hydrogen-bond donors (Lipinski definition) is 2. The molecule has 2 amide bonds. The second kappa shape index (κ2) is 6.51. The van der Waals surface area contributed by atoms with Crippen molar-refractivity contribution in [2.75, 3.05) is 43.0 Å². The summed E-state index contributed by atoms with van der Waals surface area (Å²) in [6.45, 7) is 2.30. The minimum absolute atomic E-state index is 0.000341. The fourth-order valence-corrected chi connectivity index (χ4v) is 3.12. The molecule has 4 rings (SSSR count). The number of anilines is 2. The van der Waals surface area contributed by atoms with E-state index in [4.69, 9.17) is 4.74 Å². The molecule has 9 nitrogen and oxygen atoms in total. The molecule has 0 bridgehead atoms. The number of rotatable bonds is 2. The Labute approximate surface area is 148 Å². The largest absolute Gasteiger partial charge is 0.479 e. The van der Waals surface area contributed by atoms with Crippen LogP contribution in [-0.4, -0.2) is 59.7 Å². The van der Waals surface area contributed by atoms with Crippen LogP contribution >= 0.6 is 0 Å².